The van der Waals surface area contributed by atoms with E-state index in [1.54, 1.807) is 0 Å². The Morgan fingerprint density at radius 1 is 0.912 bits per heavy atom. The van der Waals surface area contributed by atoms with Gasteiger partial charge in [0.25, 0.3) is 0 Å². The number of rotatable bonds is 7. The third-order valence-electron chi connectivity index (χ3n) is 6.66. The van der Waals surface area contributed by atoms with Gasteiger partial charge in [0, 0.05) is 48.2 Å². The SMILES string of the molecule is CCN(CC)c1ccc2nc3c4cc5ccccc5cc4c(=NCCCC(C)C)cc-3oc2c1. The third kappa shape index (κ3) is 4.25. The first-order chi connectivity index (χ1) is 16.6. The van der Waals surface area contributed by atoms with Crippen LogP contribution in [0.4, 0.5) is 5.69 Å². The van der Waals surface area contributed by atoms with Crippen molar-refractivity contribution in [2.24, 2.45) is 10.9 Å². The largest absolute Gasteiger partial charge is 0.453 e. The van der Waals surface area contributed by atoms with Gasteiger partial charge in [-0.15, -0.1) is 0 Å². The Morgan fingerprint density at radius 3 is 2.35 bits per heavy atom. The molecule has 0 radical (unpaired) electrons. The molecule has 174 valence electrons. The topological polar surface area (TPSA) is 41.6 Å². The Labute approximate surface area is 201 Å². The van der Waals surface area contributed by atoms with E-state index in [1.165, 1.54) is 17.2 Å². The highest BCUT2D eigenvalue weighted by atomic mass is 16.3. The summed E-state index contributed by atoms with van der Waals surface area (Å²) in [5.74, 6) is 1.48. The molecule has 1 heterocycles. The van der Waals surface area contributed by atoms with Gasteiger partial charge in [0.05, 0.1) is 5.36 Å². The zero-order valence-electron chi connectivity index (χ0n) is 20.6. The van der Waals surface area contributed by atoms with Crippen molar-refractivity contribution in [1.29, 1.82) is 0 Å². The summed E-state index contributed by atoms with van der Waals surface area (Å²) in [4.78, 5) is 12.4. The fourth-order valence-electron chi connectivity index (χ4n) is 4.78. The van der Waals surface area contributed by atoms with Crippen molar-refractivity contribution in [3.8, 4) is 11.5 Å². The van der Waals surface area contributed by atoms with E-state index in [2.05, 4.69) is 93.3 Å². The fourth-order valence-corrected chi connectivity index (χ4v) is 4.78. The summed E-state index contributed by atoms with van der Waals surface area (Å²) in [5, 5.41) is 5.64. The van der Waals surface area contributed by atoms with Crippen LogP contribution in [0.25, 0.3) is 44.1 Å². The Balaban J connectivity index is 1.75. The summed E-state index contributed by atoms with van der Waals surface area (Å²) >= 11 is 0. The van der Waals surface area contributed by atoms with Crippen molar-refractivity contribution in [2.45, 2.75) is 40.5 Å². The molecule has 0 atom stereocenters. The molecule has 1 aliphatic carbocycles. The van der Waals surface area contributed by atoms with Crippen molar-refractivity contribution in [3.05, 3.63) is 66.0 Å². The van der Waals surface area contributed by atoms with Gasteiger partial charge >= 0.3 is 0 Å². The molecule has 4 nitrogen and oxygen atoms in total. The minimum Gasteiger partial charge on any atom is -0.453 e. The molecule has 0 saturated heterocycles. The van der Waals surface area contributed by atoms with Crippen molar-refractivity contribution in [1.82, 2.24) is 4.98 Å². The molecule has 3 aromatic rings. The first-order valence-corrected chi connectivity index (χ1v) is 12.5. The highest BCUT2D eigenvalue weighted by Gasteiger charge is 2.16. The molecule has 0 spiro atoms. The quantitative estimate of drug-likeness (QED) is 0.147. The lowest BCUT2D eigenvalue weighted by Gasteiger charge is -2.21. The van der Waals surface area contributed by atoms with Gasteiger partial charge in [0.2, 0.25) is 0 Å². The molecule has 0 unspecified atom stereocenters. The van der Waals surface area contributed by atoms with E-state index < -0.39 is 0 Å². The molecular weight excluding hydrogens is 418 g/mol. The zero-order chi connectivity index (χ0) is 23.7. The number of aromatic nitrogens is 1. The Hall–Kier alpha value is -3.40. The van der Waals surface area contributed by atoms with Crippen molar-refractivity contribution in [3.63, 3.8) is 0 Å². The van der Waals surface area contributed by atoms with Gasteiger partial charge in [-0.05, 0) is 67.6 Å². The Kier molecular flexibility index (Phi) is 6.23. The first-order valence-electron chi connectivity index (χ1n) is 12.5. The Bertz CT molecular complexity index is 1490. The smallest absolute Gasteiger partial charge is 0.155 e. The summed E-state index contributed by atoms with van der Waals surface area (Å²) in [5.41, 5.74) is 3.74. The molecule has 3 aromatic carbocycles. The molecule has 0 fully saturated rings. The molecular formula is C30H33N3O. The lowest BCUT2D eigenvalue weighted by molar-refractivity contribution is 0.559. The van der Waals surface area contributed by atoms with Gasteiger partial charge in [0.15, 0.2) is 11.3 Å². The summed E-state index contributed by atoms with van der Waals surface area (Å²) in [7, 11) is 0. The molecule has 0 bridgehead atoms. The molecule has 0 N–H and O–H groups in total. The van der Waals surface area contributed by atoms with Crippen LogP contribution in [0.1, 0.15) is 40.5 Å². The summed E-state index contributed by atoms with van der Waals surface area (Å²) in [6.45, 7) is 11.6. The molecule has 1 aliphatic heterocycles. The number of hydrogen-bond acceptors (Lipinski definition) is 4. The normalized spacial score (nSPS) is 12.6. The van der Waals surface area contributed by atoms with Gasteiger partial charge < -0.3 is 9.32 Å². The highest BCUT2D eigenvalue weighted by molar-refractivity contribution is 6.04. The minimum atomic E-state index is 0.693. The van der Waals surface area contributed by atoms with E-state index in [4.69, 9.17) is 14.4 Å². The van der Waals surface area contributed by atoms with Crippen LogP contribution in [0.5, 0.6) is 0 Å². The molecule has 5 rings (SSSR count). The molecule has 0 aromatic heterocycles. The second kappa shape index (κ2) is 9.46. The van der Waals surface area contributed by atoms with Crippen LogP contribution in [-0.4, -0.2) is 24.6 Å². The average molecular weight is 452 g/mol. The molecule has 0 amide bonds. The number of fused-ring (bicyclic) bond motifs is 5. The van der Waals surface area contributed by atoms with Crippen molar-refractivity contribution < 1.29 is 4.42 Å². The second-order valence-electron chi connectivity index (χ2n) is 9.44. The van der Waals surface area contributed by atoms with E-state index in [-0.39, 0.29) is 0 Å². The van der Waals surface area contributed by atoms with E-state index in [0.29, 0.717) is 5.92 Å². The van der Waals surface area contributed by atoms with E-state index in [9.17, 15) is 0 Å². The maximum absolute atomic E-state index is 6.48. The van der Waals surface area contributed by atoms with Crippen LogP contribution in [0.2, 0.25) is 0 Å². The second-order valence-corrected chi connectivity index (χ2v) is 9.44. The number of anilines is 1. The maximum atomic E-state index is 6.48. The molecule has 0 saturated carbocycles. The van der Waals surface area contributed by atoms with E-state index >= 15 is 0 Å². The van der Waals surface area contributed by atoms with Gasteiger partial charge in [-0.25, -0.2) is 4.98 Å². The standard InChI is InChI=1S/C30H33N3O/c1-5-33(6-2)23-13-14-26-28(18-23)34-29-19-27(31-15-9-10-20(3)4)24-16-21-11-7-8-12-22(21)17-25(24)30(29)32-26/h7-8,11-14,16-20H,5-6,9-10,15H2,1-4H3. The fraction of sp³-hybridized carbons (Fsp3) is 0.333. The monoisotopic (exact) mass is 451 g/mol. The zero-order valence-corrected chi connectivity index (χ0v) is 20.6. The number of benzene rings is 4. The molecule has 2 aliphatic rings. The summed E-state index contributed by atoms with van der Waals surface area (Å²) < 4.78 is 6.48. The van der Waals surface area contributed by atoms with E-state index in [1.807, 2.05) is 0 Å². The van der Waals surface area contributed by atoms with Crippen LogP contribution >= 0.6 is 0 Å². The number of hydrogen-bond donors (Lipinski definition) is 0. The van der Waals surface area contributed by atoms with Crippen LogP contribution in [0.3, 0.4) is 0 Å². The molecule has 4 heteroatoms. The van der Waals surface area contributed by atoms with E-state index in [0.717, 1.165) is 70.4 Å². The lowest BCUT2D eigenvalue weighted by atomic mass is 9.99. The van der Waals surface area contributed by atoms with Gasteiger partial charge in [-0.3, -0.25) is 4.99 Å². The predicted molar refractivity (Wildman–Crippen MR) is 144 cm³/mol. The molecule has 34 heavy (non-hydrogen) atoms. The predicted octanol–water partition coefficient (Wildman–Crippen LogP) is 7.42. The van der Waals surface area contributed by atoms with Gasteiger partial charge in [-0.1, -0.05) is 38.1 Å². The van der Waals surface area contributed by atoms with Crippen LogP contribution < -0.4 is 10.3 Å². The third-order valence-corrected chi connectivity index (χ3v) is 6.66. The minimum absolute atomic E-state index is 0.693. The highest BCUT2D eigenvalue weighted by Crippen LogP contribution is 2.33. The van der Waals surface area contributed by atoms with Crippen molar-refractivity contribution >= 4 is 38.3 Å². The average Bonchev–Trinajstić information content (AvgIpc) is 2.85. The van der Waals surface area contributed by atoms with Crippen LogP contribution in [-0.2, 0) is 0 Å². The van der Waals surface area contributed by atoms with Crippen LogP contribution in [0, 0.1) is 5.92 Å². The maximum Gasteiger partial charge on any atom is 0.155 e. The summed E-state index contributed by atoms with van der Waals surface area (Å²) in [6.07, 6.45) is 2.27. The Morgan fingerprint density at radius 2 is 1.65 bits per heavy atom. The lowest BCUT2D eigenvalue weighted by Crippen LogP contribution is -2.21. The first kappa shape index (κ1) is 22.4. The van der Waals surface area contributed by atoms with Gasteiger partial charge in [-0.2, -0.15) is 0 Å². The summed E-state index contributed by atoms with van der Waals surface area (Å²) in [6, 6.07) is 21.4. The van der Waals surface area contributed by atoms with Crippen LogP contribution in [0.15, 0.2) is 70.1 Å². The van der Waals surface area contributed by atoms with Gasteiger partial charge in [0.1, 0.15) is 11.2 Å². The number of nitrogens with zero attached hydrogens (tertiary/aromatic N) is 3. The van der Waals surface area contributed by atoms with Crippen molar-refractivity contribution in [2.75, 3.05) is 24.5 Å².